The minimum absolute atomic E-state index is 0.235. The lowest BCUT2D eigenvalue weighted by Gasteiger charge is -2.25. The molecule has 1 aliphatic heterocycles. The van der Waals surface area contributed by atoms with Crippen LogP contribution in [0.25, 0.3) is 0 Å². The van der Waals surface area contributed by atoms with Gasteiger partial charge in [-0.25, -0.2) is 4.79 Å². The minimum atomic E-state index is -0.919. The Balaban J connectivity index is 1.84. The van der Waals surface area contributed by atoms with Crippen LogP contribution in [0, 0.1) is 5.92 Å². The molecular weight excluding hydrogens is 290 g/mol. The van der Waals surface area contributed by atoms with Crippen LogP contribution in [0.5, 0.6) is 0 Å². The van der Waals surface area contributed by atoms with E-state index in [1.165, 1.54) is 6.42 Å². The van der Waals surface area contributed by atoms with Crippen molar-refractivity contribution in [1.29, 1.82) is 0 Å². The third kappa shape index (κ3) is 5.08. The maximum Gasteiger partial charge on any atom is 0.335 e. The Bertz CT molecular complexity index is 536. The molecule has 0 radical (unpaired) electrons. The number of rotatable bonds is 7. The molecule has 1 heterocycles. The van der Waals surface area contributed by atoms with Gasteiger partial charge in [-0.1, -0.05) is 26.0 Å². The lowest BCUT2D eigenvalue weighted by atomic mass is 10.0. The van der Waals surface area contributed by atoms with Gasteiger partial charge in [0.2, 0.25) is 5.91 Å². The molecule has 1 aliphatic rings. The van der Waals surface area contributed by atoms with E-state index in [4.69, 9.17) is 5.11 Å². The lowest BCUT2D eigenvalue weighted by molar-refractivity contribution is -0.132. The van der Waals surface area contributed by atoms with Crippen molar-refractivity contribution >= 4 is 11.9 Å². The Kier molecular flexibility index (Phi) is 6.20. The summed E-state index contributed by atoms with van der Waals surface area (Å²) in [6.07, 6.45) is 5.70. The second kappa shape index (κ2) is 8.14. The van der Waals surface area contributed by atoms with Gasteiger partial charge in [0, 0.05) is 19.0 Å². The number of aromatic carboxylic acids is 1. The zero-order valence-corrected chi connectivity index (χ0v) is 14.1. The van der Waals surface area contributed by atoms with Gasteiger partial charge in [0.25, 0.3) is 0 Å². The van der Waals surface area contributed by atoms with Crippen molar-refractivity contribution in [3.05, 3.63) is 35.4 Å². The summed E-state index contributed by atoms with van der Waals surface area (Å²) in [7, 11) is 0. The number of hydrogen-bond donors (Lipinski definition) is 1. The van der Waals surface area contributed by atoms with Gasteiger partial charge in [-0.2, -0.15) is 0 Å². The van der Waals surface area contributed by atoms with E-state index in [0.717, 1.165) is 31.4 Å². The summed E-state index contributed by atoms with van der Waals surface area (Å²) in [5.41, 5.74) is 1.30. The monoisotopic (exact) mass is 317 g/mol. The van der Waals surface area contributed by atoms with Gasteiger partial charge in [0.1, 0.15) is 0 Å². The fourth-order valence-electron chi connectivity index (χ4n) is 3.20. The first-order valence-electron chi connectivity index (χ1n) is 8.59. The van der Waals surface area contributed by atoms with E-state index >= 15 is 0 Å². The van der Waals surface area contributed by atoms with Crippen LogP contribution in [0.4, 0.5) is 0 Å². The fraction of sp³-hybridized carbons (Fsp3) is 0.579. The predicted octanol–water partition coefficient (Wildman–Crippen LogP) is 3.74. The molecule has 4 nitrogen and oxygen atoms in total. The van der Waals surface area contributed by atoms with E-state index in [-0.39, 0.29) is 11.5 Å². The maximum absolute atomic E-state index is 12.5. The molecule has 1 aromatic rings. The molecule has 1 atom stereocenters. The number of hydrogen-bond acceptors (Lipinski definition) is 2. The molecule has 126 valence electrons. The molecule has 1 N–H and O–H groups in total. The van der Waals surface area contributed by atoms with Crippen LogP contribution in [0.1, 0.15) is 61.9 Å². The Morgan fingerprint density at radius 2 is 1.96 bits per heavy atom. The summed E-state index contributed by atoms with van der Waals surface area (Å²) in [5, 5.41) is 8.90. The van der Waals surface area contributed by atoms with Crippen LogP contribution in [-0.2, 0) is 11.2 Å². The number of carboxylic acids is 1. The average molecular weight is 317 g/mol. The van der Waals surface area contributed by atoms with Gasteiger partial charge < -0.3 is 10.0 Å². The number of aryl methyl sites for hydroxylation is 1. The molecular formula is C19H27NO3. The topological polar surface area (TPSA) is 57.6 Å². The third-order valence-corrected chi connectivity index (χ3v) is 4.60. The zero-order chi connectivity index (χ0) is 16.8. The van der Waals surface area contributed by atoms with Crippen molar-refractivity contribution in [2.45, 2.75) is 58.4 Å². The molecule has 4 heteroatoms. The predicted molar refractivity (Wildman–Crippen MR) is 90.5 cm³/mol. The average Bonchev–Trinajstić information content (AvgIpc) is 2.99. The maximum atomic E-state index is 12.5. The van der Waals surface area contributed by atoms with Crippen LogP contribution in [0.3, 0.4) is 0 Å². The van der Waals surface area contributed by atoms with Gasteiger partial charge in [0.15, 0.2) is 0 Å². The molecule has 1 aromatic carbocycles. The van der Waals surface area contributed by atoms with Gasteiger partial charge in [-0.15, -0.1) is 0 Å². The van der Waals surface area contributed by atoms with E-state index in [1.807, 2.05) is 0 Å². The van der Waals surface area contributed by atoms with Crippen LogP contribution >= 0.6 is 0 Å². The molecule has 0 aromatic heterocycles. The van der Waals surface area contributed by atoms with Crippen molar-refractivity contribution in [2.75, 3.05) is 6.54 Å². The quantitative estimate of drug-likeness (QED) is 0.833. The number of carbonyl (C=O) groups excluding carboxylic acids is 1. The Morgan fingerprint density at radius 1 is 1.26 bits per heavy atom. The third-order valence-electron chi connectivity index (χ3n) is 4.60. The summed E-state index contributed by atoms with van der Waals surface area (Å²) < 4.78 is 0. The fourth-order valence-corrected chi connectivity index (χ4v) is 3.20. The second-order valence-corrected chi connectivity index (χ2v) is 6.86. The zero-order valence-electron chi connectivity index (χ0n) is 14.1. The number of carboxylic acid groups (broad SMARTS) is 1. The summed E-state index contributed by atoms with van der Waals surface area (Å²) in [6, 6.07) is 7.22. The first kappa shape index (κ1) is 17.5. The minimum Gasteiger partial charge on any atom is -0.478 e. The molecule has 23 heavy (non-hydrogen) atoms. The van der Waals surface area contributed by atoms with Gasteiger partial charge in [0.05, 0.1) is 5.56 Å². The van der Waals surface area contributed by atoms with E-state index in [9.17, 15) is 9.59 Å². The molecule has 0 spiro atoms. The summed E-state index contributed by atoms with van der Waals surface area (Å²) in [5.74, 6) is -0.00319. The molecule has 1 unspecified atom stereocenters. The van der Waals surface area contributed by atoms with Crippen molar-refractivity contribution in [1.82, 2.24) is 4.90 Å². The number of likely N-dealkylation sites (tertiary alicyclic amines) is 1. The molecule has 0 aliphatic carbocycles. The normalized spacial score (nSPS) is 17.7. The SMILES string of the molecule is CC(C)CCC1CCCN1C(=O)CCc1ccc(C(=O)O)cc1. The highest BCUT2D eigenvalue weighted by Gasteiger charge is 2.27. The summed E-state index contributed by atoms with van der Waals surface area (Å²) >= 11 is 0. The van der Waals surface area contributed by atoms with Gasteiger partial charge in [-0.3, -0.25) is 4.79 Å². The number of nitrogens with zero attached hydrogens (tertiary/aromatic N) is 1. The first-order valence-corrected chi connectivity index (χ1v) is 8.59. The van der Waals surface area contributed by atoms with E-state index in [0.29, 0.717) is 24.8 Å². The first-order chi connectivity index (χ1) is 11.0. The molecule has 1 saturated heterocycles. The highest BCUT2D eigenvalue weighted by atomic mass is 16.4. The Labute approximate surface area is 138 Å². The second-order valence-electron chi connectivity index (χ2n) is 6.86. The number of benzene rings is 1. The van der Waals surface area contributed by atoms with Crippen LogP contribution in [0.2, 0.25) is 0 Å². The Hall–Kier alpha value is -1.84. The highest BCUT2D eigenvalue weighted by Crippen LogP contribution is 2.24. The number of amides is 1. The lowest BCUT2D eigenvalue weighted by Crippen LogP contribution is -2.35. The standard InChI is InChI=1S/C19H27NO3/c1-14(2)5-11-17-4-3-13-20(17)18(21)12-8-15-6-9-16(10-7-15)19(22)23/h6-7,9-10,14,17H,3-5,8,11-13H2,1-2H3,(H,22,23). The van der Waals surface area contributed by atoms with Gasteiger partial charge >= 0.3 is 5.97 Å². The molecule has 1 fully saturated rings. The van der Waals surface area contributed by atoms with E-state index < -0.39 is 5.97 Å². The van der Waals surface area contributed by atoms with E-state index in [1.54, 1.807) is 24.3 Å². The van der Waals surface area contributed by atoms with Crippen molar-refractivity contribution in [3.8, 4) is 0 Å². The van der Waals surface area contributed by atoms with Crippen LogP contribution in [-0.4, -0.2) is 34.5 Å². The summed E-state index contributed by atoms with van der Waals surface area (Å²) in [6.45, 7) is 5.34. The molecule has 0 saturated carbocycles. The van der Waals surface area contributed by atoms with Crippen molar-refractivity contribution in [3.63, 3.8) is 0 Å². The number of carbonyl (C=O) groups is 2. The highest BCUT2D eigenvalue weighted by molar-refractivity contribution is 5.87. The largest absolute Gasteiger partial charge is 0.478 e. The Morgan fingerprint density at radius 3 is 2.57 bits per heavy atom. The summed E-state index contributed by atoms with van der Waals surface area (Å²) in [4.78, 5) is 25.4. The van der Waals surface area contributed by atoms with E-state index in [2.05, 4.69) is 18.7 Å². The van der Waals surface area contributed by atoms with Crippen molar-refractivity contribution in [2.24, 2.45) is 5.92 Å². The molecule has 1 amide bonds. The van der Waals surface area contributed by atoms with Crippen molar-refractivity contribution < 1.29 is 14.7 Å². The molecule has 2 rings (SSSR count). The van der Waals surface area contributed by atoms with Crippen LogP contribution in [0.15, 0.2) is 24.3 Å². The van der Waals surface area contributed by atoms with Crippen LogP contribution < -0.4 is 0 Å². The smallest absolute Gasteiger partial charge is 0.335 e. The van der Waals surface area contributed by atoms with Gasteiger partial charge in [-0.05, 0) is 55.7 Å². The molecule has 0 bridgehead atoms.